The molecule has 2 aromatic rings. The van der Waals surface area contributed by atoms with E-state index in [9.17, 15) is 26.3 Å². The van der Waals surface area contributed by atoms with Crippen LogP contribution in [0, 0.1) is 0 Å². The molecule has 2 fully saturated rings. The Hall–Kier alpha value is -2.69. The van der Waals surface area contributed by atoms with Gasteiger partial charge in [0.05, 0.1) is 11.1 Å². The topological polar surface area (TPSA) is 43.8 Å². The number of anilines is 1. The number of halogens is 6. The lowest BCUT2D eigenvalue weighted by atomic mass is 9.99. The van der Waals surface area contributed by atoms with Crippen LogP contribution in [0.15, 0.2) is 36.5 Å². The lowest BCUT2D eigenvalue weighted by Crippen LogP contribution is -2.46. The number of ether oxygens (including phenoxy) is 3. The highest BCUT2D eigenvalue weighted by molar-refractivity contribution is 5.46. The zero-order valence-corrected chi connectivity index (χ0v) is 17.6. The number of aromatic nitrogens is 1. The fourth-order valence-corrected chi connectivity index (χ4v) is 4.50. The van der Waals surface area contributed by atoms with Gasteiger partial charge in [-0.3, -0.25) is 0 Å². The van der Waals surface area contributed by atoms with Gasteiger partial charge in [-0.1, -0.05) is 0 Å². The molecule has 2 unspecified atom stereocenters. The van der Waals surface area contributed by atoms with Gasteiger partial charge >= 0.3 is 12.4 Å². The minimum atomic E-state index is -4.52. The maximum atomic E-state index is 13.1. The standard InChI is InChI=1S/C22H22F6N2O3/c1-31-12-32-19-8-13(21(23,24)25)2-6-18(19)33-17-9-15-4-5-16(10-17)30(15)20-7-3-14(11-29-20)22(26,27)28/h2-3,6-8,11,15-17H,4-5,9-10,12H2,1H3. The second kappa shape index (κ2) is 8.92. The normalized spacial score (nSPS) is 23.0. The zero-order chi connectivity index (χ0) is 23.8. The monoisotopic (exact) mass is 476 g/mol. The molecule has 2 aliphatic heterocycles. The molecule has 33 heavy (non-hydrogen) atoms. The van der Waals surface area contributed by atoms with Gasteiger partial charge in [0.2, 0.25) is 0 Å². The lowest BCUT2D eigenvalue weighted by molar-refractivity contribution is -0.138. The first-order valence-electron chi connectivity index (χ1n) is 10.4. The van der Waals surface area contributed by atoms with E-state index in [4.69, 9.17) is 14.2 Å². The van der Waals surface area contributed by atoms with Gasteiger partial charge < -0.3 is 19.1 Å². The molecule has 180 valence electrons. The van der Waals surface area contributed by atoms with E-state index in [1.54, 1.807) is 0 Å². The second-order valence-corrected chi connectivity index (χ2v) is 8.12. The lowest BCUT2D eigenvalue weighted by Gasteiger charge is -2.39. The molecular weight excluding hydrogens is 454 g/mol. The Morgan fingerprint density at radius 3 is 2.09 bits per heavy atom. The first-order chi connectivity index (χ1) is 15.6. The number of methoxy groups -OCH3 is 1. The average Bonchev–Trinajstić information content (AvgIpc) is 3.02. The molecule has 2 saturated heterocycles. The van der Waals surface area contributed by atoms with Gasteiger partial charge in [-0.05, 0) is 43.2 Å². The fraction of sp³-hybridized carbons (Fsp3) is 0.500. The van der Waals surface area contributed by atoms with Gasteiger partial charge in [-0.25, -0.2) is 4.98 Å². The van der Waals surface area contributed by atoms with Crippen LogP contribution in [0.3, 0.4) is 0 Å². The number of hydrogen-bond donors (Lipinski definition) is 0. The largest absolute Gasteiger partial charge is 0.486 e. The highest BCUT2D eigenvalue weighted by Crippen LogP contribution is 2.42. The SMILES string of the molecule is COCOc1cc(C(F)(F)F)ccc1OC1CC2CCC(C1)N2c1ccc(C(F)(F)F)cn1. The van der Waals surface area contributed by atoms with Crippen LogP contribution >= 0.6 is 0 Å². The number of nitrogens with zero attached hydrogens (tertiary/aromatic N) is 2. The van der Waals surface area contributed by atoms with Crippen LogP contribution in [0.5, 0.6) is 11.5 Å². The quantitative estimate of drug-likeness (QED) is 0.397. The van der Waals surface area contributed by atoms with E-state index in [1.165, 1.54) is 19.2 Å². The maximum Gasteiger partial charge on any atom is 0.417 e. The molecule has 5 nitrogen and oxygen atoms in total. The molecule has 0 spiro atoms. The Balaban J connectivity index is 1.48. The summed E-state index contributed by atoms with van der Waals surface area (Å²) >= 11 is 0. The number of fused-ring (bicyclic) bond motifs is 2. The fourth-order valence-electron chi connectivity index (χ4n) is 4.50. The van der Waals surface area contributed by atoms with Gasteiger partial charge in [0.1, 0.15) is 11.9 Å². The van der Waals surface area contributed by atoms with Crippen LogP contribution in [0.1, 0.15) is 36.8 Å². The van der Waals surface area contributed by atoms with Crippen molar-refractivity contribution in [3.63, 3.8) is 0 Å². The number of rotatable bonds is 6. The summed E-state index contributed by atoms with van der Waals surface area (Å²) in [7, 11) is 1.36. The average molecular weight is 476 g/mol. The first-order valence-corrected chi connectivity index (χ1v) is 10.4. The molecule has 0 radical (unpaired) electrons. The van der Waals surface area contributed by atoms with Crippen molar-refractivity contribution in [1.29, 1.82) is 0 Å². The molecular formula is C22H22F6N2O3. The predicted octanol–water partition coefficient (Wildman–Crippen LogP) is 5.68. The highest BCUT2D eigenvalue weighted by atomic mass is 19.4. The third kappa shape index (κ3) is 5.13. The Kier molecular flexibility index (Phi) is 6.35. The van der Waals surface area contributed by atoms with Crippen molar-refractivity contribution in [2.45, 2.75) is 56.2 Å². The van der Waals surface area contributed by atoms with Crippen LogP contribution in [0.4, 0.5) is 32.2 Å². The van der Waals surface area contributed by atoms with Crippen LogP contribution in [0.2, 0.25) is 0 Å². The summed E-state index contributed by atoms with van der Waals surface area (Å²) < 4.78 is 93.9. The molecule has 3 heterocycles. The summed E-state index contributed by atoms with van der Waals surface area (Å²) in [4.78, 5) is 6.05. The van der Waals surface area contributed by atoms with E-state index in [2.05, 4.69) is 4.98 Å². The first kappa shape index (κ1) is 23.5. The van der Waals surface area contributed by atoms with E-state index in [0.29, 0.717) is 18.7 Å². The van der Waals surface area contributed by atoms with E-state index < -0.39 is 23.5 Å². The number of alkyl halides is 6. The third-order valence-electron chi connectivity index (χ3n) is 5.93. The Bertz CT molecular complexity index is 950. The van der Waals surface area contributed by atoms with Crippen molar-refractivity contribution >= 4 is 5.82 Å². The summed E-state index contributed by atoms with van der Waals surface area (Å²) in [6.07, 6.45) is -5.65. The minimum absolute atomic E-state index is 0.00998. The Morgan fingerprint density at radius 2 is 1.55 bits per heavy atom. The van der Waals surface area contributed by atoms with Gasteiger partial charge in [-0.15, -0.1) is 0 Å². The number of pyridine rings is 1. The zero-order valence-electron chi connectivity index (χ0n) is 17.6. The van der Waals surface area contributed by atoms with Crippen LogP contribution < -0.4 is 14.4 Å². The molecule has 4 rings (SSSR count). The summed E-state index contributed by atoms with van der Waals surface area (Å²) in [6.45, 7) is -0.235. The number of hydrogen-bond acceptors (Lipinski definition) is 5. The summed E-state index contributed by atoms with van der Waals surface area (Å²) in [5.74, 6) is 0.601. The molecule has 1 aromatic carbocycles. The summed E-state index contributed by atoms with van der Waals surface area (Å²) in [5.41, 5.74) is -1.66. The third-order valence-corrected chi connectivity index (χ3v) is 5.93. The van der Waals surface area contributed by atoms with Crippen molar-refractivity contribution in [3.05, 3.63) is 47.7 Å². The minimum Gasteiger partial charge on any atom is -0.486 e. The number of piperidine rings is 1. The second-order valence-electron chi connectivity index (χ2n) is 8.12. The van der Waals surface area contributed by atoms with Crippen LogP contribution in [-0.4, -0.2) is 37.1 Å². The summed E-state index contributed by atoms with van der Waals surface area (Å²) in [5, 5.41) is 0. The molecule has 2 bridgehead atoms. The van der Waals surface area contributed by atoms with Crippen LogP contribution in [0.25, 0.3) is 0 Å². The van der Waals surface area contributed by atoms with Gasteiger partial charge in [0.25, 0.3) is 0 Å². The Labute approximate surface area is 186 Å². The molecule has 0 amide bonds. The van der Waals surface area contributed by atoms with E-state index in [0.717, 1.165) is 37.2 Å². The number of benzene rings is 1. The van der Waals surface area contributed by atoms with Crippen molar-refractivity contribution in [2.24, 2.45) is 0 Å². The molecule has 0 aliphatic carbocycles. The highest BCUT2D eigenvalue weighted by Gasteiger charge is 2.43. The van der Waals surface area contributed by atoms with Gasteiger partial charge in [0, 0.05) is 38.2 Å². The molecule has 0 N–H and O–H groups in total. The molecule has 1 aromatic heterocycles. The van der Waals surface area contributed by atoms with Crippen molar-refractivity contribution < 1.29 is 40.6 Å². The van der Waals surface area contributed by atoms with E-state index in [-0.39, 0.29) is 36.5 Å². The van der Waals surface area contributed by atoms with E-state index in [1.807, 2.05) is 4.90 Å². The smallest absolute Gasteiger partial charge is 0.417 e. The molecule has 11 heteroatoms. The van der Waals surface area contributed by atoms with Crippen molar-refractivity contribution in [2.75, 3.05) is 18.8 Å². The van der Waals surface area contributed by atoms with E-state index >= 15 is 0 Å². The summed E-state index contributed by atoms with van der Waals surface area (Å²) in [6, 6.07) is 5.47. The van der Waals surface area contributed by atoms with Crippen LogP contribution in [-0.2, 0) is 17.1 Å². The van der Waals surface area contributed by atoms with Crippen molar-refractivity contribution in [3.8, 4) is 11.5 Å². The maximum absolute atomic E-state index is 13.1. The molecule has 0 saturated carbocycles. The van der Waals surface area contributed by atoms with Gasteiger partial charge in [0.15, 0.2) is 18.3 Å². The molecule has 2 atom stereocenters. The molecule has 2 aliphatic rings. The van der Waals surface area contributed by atoms with Gasteiger partial charge in [-0.2, -0.15) is 26.3 Å². The van der Waals surface area contributed by atoms with Crippen molar-refractivity contribution in [1.82, 2.24) is 4.98 Å². The predicted molar refractivity (Wildman–Crippen MR) is 106 cm³/mol. The Morgan fingerprint density at radius 1 is 0.909 bits per heavy atom.